The highest BCUT2D eigenvalue weighted by Gasteiger charge is 2.25. The number of piperidine rings is 1. The molecule has 0 saturated carbocycles. The average Bonchev–Trinajstić information content (AvgIpc) is 2.45. The molecular weight excluding hydrogens is 295 g/mol. The van der Waals surface area contributed by atoms with E-state index < -0.39 is 11.9 Å². The molecule has 3 atom stereocenters. The highest BCUT2D eigenvalue weighted by molar-refractivity contribution is 5.85. The smallest absolute Gasteiger partial charge is 0.223 e. The van der Waals surface area contributed by atoms with Crippen LogP contribution in [0.1, 0.15) is 31.4 Å². The summed E-state index contributed by atoms with van der Waals surface area (Å²) in [6, 6.07) is 6.39. The Hall–Kier alpha value is -1.17. The van der Waals surface area contributed by atoms with Crippen molar-refractivity contribution in [2.45, 2.75) is 31.9 Å². The van der Waals surface area contributed by atoms with Crippen LogP contribution in [0.4, 0.5) is 4.39 Å². The molecule has 0 radical (unpaired) electrons. The minimum atomic E-state index is -1.01. The molecule has 1 fully saturated rings. The molecule has 0 spiro atoms. The van der Waals surface area contributed by atoms with E-state index in [4.69, 9.17) is 0 Å². The highest BCUT2D eigenvalue weighted by atomic mass is 35.5. The third-order valence-corrected chi connectivity index (χ3v) is 3.73. The summed E-state index contributed by atoms with van der Waals surface area (Å²) < 4.78 is 13.5. The number of rotatable bonds is 4. The molecule has 1 aliphatic rings. The van der Waals surface area contributed by atoms with Crippen LogP contribution in [0.25, 0.3) is 0 Å². The van der Waals surface area contributed by atoms with Crippen LogP contribution in [0.3, 0.4) is 0 Å². The number of carbonyl (C=O) groups is 1. The Morgan fingerprint density at radius 2 is 2.24 bits per heavy atom. The minimum Gasteiger partial charge on any atom is -0.386 e. The SMILES string of the molecule is C[C@H]1C[C@@H](C(=O)NCC(O)c2ccccc2F)CCN1.Cl. The van der Waals surface area contributed by atoms with Crippen molar-refractivity contribution in [3.63, 3.8) is 0 Å². The van der Waals surface area contributed by atoms with Crippen molar-refractivity contribution < 1.29 is 14.3 Å². The summed E-state index contributed by atoms with van der Waals surface area (Å²) in [5.74, 6) is -0.544. The molecule has 1 heterocycles. The molecule has 1 unspecified atom stereocenters. The summed E-state index contributed by atoms with van der Waals surface area (Å²) in [7, 11) is 0. The van der Waals surface area contributed by atoms with Crippen LogP contribution >= 0.6 is 12.4 Å². The Labute approximate surface area is 130 Å². The number of benzene rings is 1. The molecular formula is C15H22ClFN2O2. The first-order chi connectivity index (χ1) is 9.58. The highest BCUT2D eigenvalue weighted by Crippen LogP contribution is 2.18. The summed E-state index contributed by atoms with van der Waals surface area (Å²) in [5.41, 5.74) is 0.214. The number of carbonyl (C=O) groups excluding carboxylic acids is 1. The van der Waals surface area contributed by atoms with Gasteiger partial charge in [-0.15, -0.1) is 12.4 Å². The normalized spacial score (nSPS) is 23.0. The standard InChI is InChI=1S/C15H21FN2O2.ClH/c1-10-8-11(6-7-17-10)15(20)18-9-14(19)12-4-2-3-5-13(12)16;/h2-5,10-11,14,17,19H,6-9H2,1H3,(H,18,20);1H/t10-,11-,14?;/m0./s1. The number of halogens is 2. The predicted molar refractivity (Wildman–Crippen MR) is 81.8 cm³/mol. The van der Waals surface area contributed by atoms with Gasteiger partial charge in [-0.1, -0.05) is 18.2 Å². The van der Waals surface area contributed by atoms with Gasteiger partial charge < -0.3 is 15.7 Å². The van der Waals surface area contributed by atoms with Gasteiger partial charge >= 0.3 is 0 Å². The second-order valence-electron chi connectivity index (χ2n) is 5.36. The Morgan fingerprint density at radius 1 is 1.52 bits per heavy atom. The van der Waals surface area contributed by atoms with Crippen molar-refractivity contribution in [3.05, 3.63) is 35.6 Å². The lowest BCUT2D eigenvalue weighted by Gasteiger charge is -2.27. The fourth-order valence-electron chi connectivity index (χ4n) is 2.57. The van der Waals surface area contributed by atoms with Gasteiger partial charge in [0.15, 0.2) is 0 Å². The molecule has 0 bridgehead atoms. The van der Waals surface area contributed by atoms with Crippen LogP contribution in [0, 0.1) is 11.7 Å². The zero-order valence-corrected chi connectivity index (χ0v) is 12.8. The maximum absolute atomic E-state index is 13.5. The Kier molecular flexibility index (Phi) is 7.08. The molecule has 0 aliphatic carbocycles. The van der Waals surface area contributed by atoms with E-state index in [0.717, 1.165) is 19.4 Å². The van der Waals surface area contributed by atoms with Gasteiger partial charge in [0.1, 0.15) is 5.82 Å². The summed E-state index contributed by atoms with van der Waals surface area (Å²) in [6.07, 6.45) is 0.576. The van der Waals surface area contributed by atoms with Gasteiger partial charge in [0, 0.05) is 24.1 Å². The van der Waals surface area contributed by atoms with Gasteiger partial charge in [-0.05, 0) is 32.4 Å². The lowest BCUT2D eigenvalue weighted by Crippen LogP contribution is -2.43. The molecule has 6 heteroatoms. The molecule has 2 rings (SSSR count). The van der Waals surface area contributed by atoms with E-state index >= 15 is 0 Å². The minimum absolute atomic E-state index is 0. The van der Waals surface area contributed by atoms with E-state index in [1.807, 2.05) is 6.92 Å². The number of nitrogens with one attached hydrogen (secondary N) is 2. The van der Waals surface area contributed by atoms with Crippen LogP contribution < -0.4 is 10.6 Å². The Balaban J connectivity index is 0.00000220. The van der Waals surface area contributed by atoms with E-state index in [-0.39, 0.29) is 36.3 Å². The van der Waals surface area contributed by atoms with Gasteiger partial charge in [0.2, 0.25) is 5.91 Å². The second-order valence-corrected chi connectivity index (χ2v) is 5.36. The first kappa shape index (κ1) is 17.9. The van der Waals surface area contributed by atoms with Crippen LogP contribution in [0.15, 0.2) is 24.3 Å². The van der Waals surface area contributed by atoms with Crippen LogP contribution in [0.5, 0.6) is 0 Å². The fraction of sp³-hybridized carbons (Fsp3) is 0.533. The van der Waals surface area contributed by atoms with Crippen molar-refractivity contribution in [1.29, 1.82) is 0 Å². The number of hydrogen-bond donors (Lipinski definition) is 3. The average molecular weight is 317 g/mol. The lowest BCUT2D eigenvalue weighted by atomic mass is 9.92. The van der Waals surface area contributed by atoms with E-state index in [2.05, 4.69) is 10.6 Å². The first-order valence-corrected chi connectivity index (χ1v) is 7.01. The molecule has 1 aromatic rings. The van der Waals surface area contributed by atoms with E-state index in [1.54, 1.807) is 12.1 Å². The van der Waals surface area contributed by atoms with E-state index in [9.17, 15) is 14.3 Å². The maximum Gasteiger partial charge on any atom is 0.223 e. The zero-order chi connectivity index (χ0) is 14.5. The molecule has 118 valence electrons. The van der Waals surface area contributed by atoms with Gasteiger partial charge in [0.05, 0.1) is 6.10 Å². The molecule has 0 aromatic heterocycles. The topological polar surface area (TPSA) is 61.4 Å². The van der Waals surface area contributed by atoms with E-state index in [0.29, 0.717) is 6.04 Å². The first-order valence-electron chi connectivity index (χ1n) is 7.01. The number of amides is 1. The molecule has 21 heavy (non-hydrogen) atoms. The molecule has 1 saturated heterocycles. The van der Waals surface area contributed by atoms with Crippen LogP contribution in [-0.2, 0) is 4.79 Å². The molecule has 1 aliphatic heterocycles. The van der Waals surface area contributed by atoms with E-state index in [1.165, 1.54) is 12.1 Å². The number of aliphatic hydroxyl groups is 1. The third-order valence-electron chi connectivity index (χ3n) is 3.73. The molecule has 1 amide bonds. The molecule has 4 nitrogen and oxygen atoms in total. The summed E-state index contributed by atoms with van der Waals surface area (Å²) in [4.78, 5) is 12.0. The molecule has 1 aromatic carbocycles. The Bertz CT molecular complexity index is 473. The largest absolute Gasteiger partial charge is 0.386 e. The van der Waals surface area contributed by atoms with Crippen molar-refractivity contribution in [2.75, 3.05) is 13.1 Å². The van der Waals surface area contributed by atoms with Crippen molar-refractivity contribution in [1.82, 2.24) is 10.6 Å². The fourth-order valence-corrected chi connectivity index (χ4v) is 2.57. The lowest BCUT2D eigenvalue weighted by molar-refractivity contribution is -0.126. The summed E-state index contributed by atoms with van der Waals surface area (Å²) in [5, 5.41) is 15.9. The quantitative estimate of drug-likeness (QED) is 0.793. The monoisotopic (exact) mass is 316 g/mol. The van der Waals surface area contributed by atoms with Gasteiger partial charge in [0.25, 0.3) is 0 Å². The van der Waals surface area contributed by atoms with Crippen LogP contribution in [-0.4, -0.2) is 30.1 Å². The zero-order valence-electron chi connectivity index (χ0n) is 12.0. The summed E-state index contributed by atoms with van der Waals surface area (Å²) in [6.45, 7) is 2.92. The van der Waals surface area contributed by atoms with Crippen LogP contribution in [0.2, 0.25) is 0 Å². The second kappa shape index (κ2) is 8.32. The molecule has 3 N–H and O–H groups in total. The number of hydrogen-bond acceptors (Lipinski definition) is 3. The number of aliphatic hydroxyl groups excluding tert-OH is 1. The summed E-state index contributed by atoms with van der Waals surface area (Å²) >= 11 is 0. The van der Waals surface area contributed by atoms with Gasteiger partial charge in [-0.3, -0.25) is 4.79 Å². The van der Waals surface area contributed by atoms with Gasteiger partial charge in [-0.25, -0.2) is 4.39 Å². The van der Waals surface area contributed by atoms with Gasteiger partial charge in [-0.2, -0.15) is 0 Å². The Morgan fingerprint density at radius 3 is 2.90 bits per heavy atom. The maximum atomic E-state index is 13.5. The third kappa shape index (κ3) is 4.95. The van der Waals surface area contributed by atoms with Crippen molar-refractivity contribution >= 4 is 18.3 Å². The predicted octanol–water partition coefficient (Wildman–Crippen LogP) is 1.79. The van der Waals surface area contributed by atoms with Crippen molar-refractivity contribution in [3.8, 4) is 0 Å². The van der Waals surface area contributed by atoms with Crippen molar-refractivity contribution in [2.24, 2.45) is 5.92 Å².